The minimum absolute atomic E-state index is 0.167. The Balaban J connectivity index is 1.99. The SMILES string of the molecule is C=CCC1(C)C(C=Cc2ccc(N(CC)CC)cc2O)=[N+](C)c2ccc(OC(F)(F)F)cc21. The number of fused-ring (bicyclic) bond motifs is 1. The average molecular weight is 460 g/mol. The van der Waals surface area contributed by atoms with E-state index < -0.39 is 11.8 Å². The van der Waals surface area contributed by atoms with E-state index >= 15 is 0 Å². The molecule has 3 rings (SSSR count). The molecule has 1 aliphatic heterocycles. The number of ether oxygens (including phenoxy) is 1. The summed E-state index contributed by atoms with van der Waals surface area (Å²) in [6.45, 7) is 11.6. The molecule has 1 aliphatic rings. The molecule has 0 spiro atoms. The molecule has 0 radical (unpaired) electrons. The first-order valence-electron chi connectivity index (χ1n) is 10.9. The number of allylic oxidation sites excluding steroid dienone is 2. The molecule has 4 nitrogen and oxygen atoms in total. The van der Waals surface area contributed by atoms with Gasteiger partial charge in [-0.05, 0) is 57.5 Å². The number of rotatable bonds is 8. The highest BCUT2D eigenvalue weighted by molar-refractivity contribution is 6.06. The van der Waals surface area contributed by atoms with Crippen molar-refractivity contribution in [1.82, 2.24) is 0 Å². The molecule has 33 heavy (non-hydrogen) atoms. The van der Waals surface area contributed by atoms with Crippen LogP contribution in [0, 0.1) is 0 Å². The van der Waals surface area contributed by atoms with Gasteiger partial charge in [-0.1, -0.05) is 6.08 Å². The maximum atomic E-state index is 12.8. The molecule has 0 saturated carbocycles. The fourth-order valence-corrected chi connectivity index (χ4v) is 4.51. The Labute approximate surface area is 192 Å². The Morgan fingerprint density at radius 1 is 1.12 bits per heavy atom. The molecule has 0 saturated heterocycles. The Hall–Kier alpha value is -3.22. The van der Waals surface area contributed by atoms with Gasteiger partial charge >= 0.3 is 6.36 Å². The van der Waals surface area contributed by atoms with Gasteiger partial charge in [-0.15, -0.1) is 19.8 Å². The van der Waals surface area contributed by atoms with Crippen molar-refractivity contribution in [1.29, 1.82) is 0 Å². The Bertz CT molecular complexity index is 1100. The lowest BCUT2D eigenvalue weighted by molar-refractivity contribution is -0.401. The standard InChI is InChI=1S/C26H29F3N2O2/c1-6-15-25(4)21-17-20(33-26(27,28)29)12-13-22(21)30(5)24(25)14-10-18-9-11-19(16-23(18)32)31(7-2)8-3/h6,9-14,16-17H,1,7-8,15H2,2-5H3/p+1. The maximum absolute atomic E-state index is 12.8. The molecule has 1 atom stereocenters. The number of hydrogen-bond acceptors (Lipinski definition) is 3. The lowest BCUT2D eigenvalue weighted by atomic mass is 9.76. The van der Waals surface area contributed by atoms with E-state index in [-0.39, 0.29) is 11.5 Å². The van der Waals surface area contributed by atoms with Crippen molar-refractivity contribution in [3.8, 4) is 11.5 Å². The van der Waals surface area contributed by atoms with Crippen molar-refractivity contribution in [2.45, 2.75) is 39.0 Å². The second kappa shape index (κ2) is 9.33. The van der Waals surface area contributed by atoms with E-state index in [4.69, 9.17) is 0 Å². The van der Waals surface area contributed by atoms with E-state index in [0.29, 0.717) is 12.0 Å². The van der Waals surface area contributed by atoms with Crippen molar-refractivity contribution in [3.63, 3.8) is 0 Å². The molecule has 176 valence electrons. The van der Waals surface area contributed by atoms with Crippen molar-refractivity contribution in [2.24, 2.45) is 0 Å². The Morgan fingerprint density at radius 3 is 2.39 bits per heavy atom. The van der Waals surface area contributed by atoms with Crippen LogP contribution in [0.1, 0.15) is 38.3 Å². The van der Waals surface area contributed by atoms with Crippen LogP contribution in [0.4, 0.5) is 24.5 Å². The summed E-state index contributed by atoms with van der Waals surface area (Å²) in [7, 11) is 1.88. The predicted molar refractivity (Wildman–Crippen MR) is 127 cm³/mol. The van der Waals surface area contributed by atoms with Crippen molar-refractivity contribution < 1.29 is 27.6 Å². The molecule has 2 aromatic rings. The third-order valence-electron chi connectivity index (χ3n) is 6.20. The van der Waals surface area contributed by atoms with Crippen LogP contribution in [0.3, 0.4) is 0 Å². The number of halogens is 3. The van der Waals surface area contributed by atoms with E-state index in [1.807, 2.05) is 42.8 Å². The number of phenols is 1. The lowest BCUT2D eigenvalue weighted by Gasteiger charge is -2.22. The van der Waals surface area contributed by atoms with E-state index in [1.165, 1.54) is 12.1 Å². The van der Waals surface area contributed by atoms with Crippen LogP contribution in [-0.2, 0) is 5.41 Å². The van der Waals surface area contributed by atoms with Gasteiger partial charge in [0.15, 0.2) is 5.71 Å². The minimum atomic E-state index is -4.76. The van der Waals surface area contributed by atoms with E-state index in [1.54, 1.807) is 18.2 Å². The Morgan fingerprint density at radius 2 is 1.82 bits per heavy atom. The Kier molecular flexibility index (Phi) is 6.91. The van der Waals surface area contributed by atoms with E-state index in [0.717, 1.165) is 35.7 Å². The molecule has 0 amide bonds. The summed E-state index contributed by atoms with van der Waals surface area (Å²) in [6, 6.07) is 9.97. The normalized spacial score (nSPS) is 18.0. The number of alkyl halides is 3. The van der Waals surface area contributed by atoms with Crippen LogP contribution in [0.25, 0.3) is 6.08 Å². The van der Waals surface area contributed by atoms with Gasteiger partial charge in [0.05, 0.1) is 5.41 Å². The zero-order valence-corrected chi connectivity index (χ0v) is 19.4. The zero-order valence-electron chi connectivity index (χ0n) is 19.4. The van der Waals surface area contributed by atoms with Gasteiger partial charge in [-0.2, -0.15) is 4.58 Å². The second-order valence-corrected chi connectivity index (χ2v) is 8.24. The summed E-state index contributed by atoms with van der Waals surface area (Å²) in [5, 5.41) is 10.6. The second-order valence-electron chi connectivity index (χ2n) is 8.24. The first-order chi connectivity index (χ1) is 15.5. The summed E-state index contributed by atoms with van der Waals surface area (Å²) in [5.74, 6) is -0.0829. The third kappa shape index (κ3) is 4.92. The van der Waals surface area contributed by atoms with Crippen LogP contribution in [0.5, 0.6) is 11.5 Å². The lowest BCUT2D eigenvalue weighted by Crippen LogP contribution is -2.30. The molecule has 7 heteroatoms. The third-order valence-corrected chi connectivity index (χ3v) is 6.20. The summed E-state index contributed by atoms with van der Waals surface area (Å²) in [5.41, 5.74) is 3.41. The van der Waals surface area contributed by atoms with Gasteiger partial charge in [-0.3, -0.25) is 0 Å². The van der Waals surface area contributed by atoms with Crippen LogP contribution in [0.2, 0.25) is 0 Å². The molecule has 1 unspecified atom stereocenters. The highest BCUT2D eigenvalue weighted by Crippen LogP contribution is 2.44. The van der Waals surface area contributed by atoms with E-state index in [2.05, 4.69) is 30.1 Å². The maximum Gasteiger partial charge on any atom is 0.573 e. The molecule has 1 N–H and O–H groups in total. The van der Waals surface area contributed by atoms with Gasteiger partial charge in [0, 0.05) is 48.1 Å². The first kappa shape index (κ1) is 24.4. The topological polar surface area (TPSA) is 35.7 Å². The molecular weight excluding hydrogens is 429 g/mol. The number of hydrogen-bond donors (Lipinski definition) is 1. The van der Waals surface area contributed by atoms with Crippen LogP contribution >= 0.6 is 0 Å². The van der Waals surface area contributed by atoms with Gasteiger partial charge in [0.25, 0.3) is 0 Å². The fourth-order valence-electron chi connectivity index (χ4n) is 4.51. The highest BCUT2D eigenvalue weighted by atomic mass is 19.4. The predicted octanol–water partition coefficient (Wildman–Crippen LogP) is 6.41. The molecule has 0 fully saturated rings. The van der Waals surface area contributed by atoms with Gasteiger partial charge < -0.3 is 14.7 Å². The summed E-state index contributed by atoms with van der Waals surface area (Å²) in [4.78, 5) is 2.14. The minimum Gasteiger partial charge on any atom is -0.507 e. The number of anilines is 1. The van der Waals surface area contributed by atoms with Gasteiger partial charge in [0.2, 0.25) is 5.69 Å². The largest absolute Gasteiger partial charge is 0.573 e. The fraction of sp³-hybridized carbons (Fsp3) is 0.346. The van der Waals surface area contributed by atoms with Crippen molar-refractivity contribution in [2.75, 3.05) is 25.0 Å². The van der Waals surface area contributed by atoms with Crippen LogP contribution in [0.15, 0.2) is 55.1 Å². The quantitative estimate of drug-likeness (QED) is 0.366. The molecule has 2 aromatic carbocycles. The number of benzene rings is 2. The number of aromatic hydroxyl groups is 1. The monoisotopic (exact) mass is 459 g/mol. The average Bonchev–Trinajstić information content (AvgIpc) is 2.94. The molecule has 0 aliphatic carbocycles. The summed E-state index contributed by atoms with van der Waals surface area (Å²) >= 11 is 0. The molecule has 0 aromatic heterocycles. The van der Waals surface area contributed by atoms with Crippen molar-refractivity contribution >= 4 is 23.2 Å². The molecule has 1 heterocycles. The van der Waals surface area contributed by atoms with Gasteiger partial charge in [-0.25, -0.2) is 0 Å². The summed E-state index contributed by atoms with van der Waals surface area (Å²) < 4.78 is 44.4. The molecule has 0 bridgehead atoms. The van der Waals surface area contributed by atoms with Crippen molar-refractivity contribution in [3.05, 3.63) is 66.3 Å². The van der Waals surface area contributed by atoms with Crippen LogP contribution < -0.4 is 9.64 Å². The van der Waals surface area contributed by atoms with Gasteiger partial charge in [0.1, 0.15) is 18.5 Å². The zero-order chi connectivity index (χ0) is 24.4. The first-order valence-corrected chi connectivity index (χ1v) is 10.9. The number of nitrogens with zero attached hydrogens (tertiary/aromatic N) is 2. The van der Waals surface area contributed by atoms with E-state index in [9.17, 15) is 18.3 Å². The summed E-state index contributed by atoms with van der Waals surface area (Å²) in [6.07, 6.45) is 1.25. The van der Waals surface area contributed by atoms with Crippen LogP contribution in [-0.4, -0.2) is 41.9 Å². The number of phenolic OH excluding ortho intramolecular Hbond substituents is 1. The smallest absolute Gasteiger partial charge is 0.507 e. The molecular formula is C26H30F3N2O2+. The highest BCUT2D eigenvalue weighted by Gasteiger charge is 2.46.